The number of carbonyl (C=O) groups excluding carboxylic acids is 1. The van der Waals surface area contributed by atoms with Crippen molar-refractivity contribution in [3.05, 3.63) is 46.5 Å². The maximum absolute atomic E-state index is 12.5. The van der Waals surface area contributed by atoms with Gasteiger partial charge in [-0.1, -0.05) is 24.9 Å². The second kappa shape index (κ2) is 9.00. The van der Waals surface area contributed by atoms with Crippen LogP contribution in [0.5, 0.6) is 17.2 Å². The van der Waals surface area contributed by atoms with Gasteiger partial charge in [-0.25, -0.2) is 0 Å². The molecule has 144 valence electrons. The Bertz CT molecular complexity index is 822. The minimum absolute atomic E-state index is 0.120. The minimum atomic E-state index is -0.120. The molecule has 6 heteroatoms. The molecule has 0 atom stereocenters. The van der Waals surface area contributed by atoms with Crippen molar-refractivity contribution in [1.82, 2.24) is 0 Å². The quantitative estimate of drug-likeness (QED) is 0.692. The number of anilines is 1. The topological polar surface area (TPSA) is 56.8 Å². The van der Waals surface area contributed by atoms with Gasteiger partial charge in [0.25, 0.3) is 0 Å². The van der Waals surface area contributed by atoms with Gasteiger partial charge in [-0.15, -0.1) is 0 Å². The molecule has 1 amide bonds. The zero-order chi connectivity index (χ0) is 19.2. The Kier molecular flexibility index (Phi) is 6.45. The second-order valence-electron chi connectivity index (χ2n) is 6.51. The Balaban J connectivity index is 1.63. The van der Waals surface area contributed by atoms with Crippen LogP contribution >= 0.6 is 11.6 Å². The smallest absolute Gasteiger partial charge is 0.228 e. The number of amides is 1. The molecule has 0 saturated carbocycles. The molecule has 0 fully saturated rings. The van der Waals surface area contributed by atoms with Gasteiger partial charge in [0.15, 0.2) is 11.5 Å². The number of rotatable bonds is 7. The average Bonchev–Trinajstić information content (AvgIpc) is 2.64. The van der Waals surface area contributed by atoms with Gasteiger partial charge >= 0.3 is 0 Å². The van der Waals surface area contributed by atoms with Crippen LogP contribution in [0, 0.1) is 6.92 Å². The standard InChI is InChI=1S/C21H24ClNO4/c1-3-4-7-25-16-5-6-18(14(2)10-16)23-20(24)13-15-11-17(22)21-19(12-15)26-8-9-27-21/h5-6,10-12H,3-4,7-9,13H2,1-2H3,(H,23,24). The Labute approximate surface area is 164 Å². The summed E-state index contributed by atoms with van der Waals surface area (Å²) in [6.07, 6.45) is 2.32. The van der Waals surface area contributed by atoms with Crippen LogP contribution in [0.25, 0.3) is 0 Å². The van der Waals surface area contributed by atoms with E-state index in [1.165, 1.54) is 0 Å². The number of hydrogen-bond donors (Lipinski definition) is 1. The Hall–Kier alpha value is -2.40. The number of nitrogens with one attached hydrogen (secondary N) is 1. The summed E-state index contributed by atoms with van der Waals surface area (Å²) in [5, 5.41) is 3.40. The van der Waals surface area contributed by atoms with Crippen LogP contribution in [-0.2, 0) is 11.2 Å². The van der Waals surface area contributed by atoms with Crippen LogP contribution in [-0.4, -0.2) is 25.7 Å². The Morgan fingerprint density at radius 1 is 1.22 bits per heavy atom. The van der Waals surface area contributed by atoms with Crippen molar-refractivity contribution in [3.63, 3.8) is 0 Å². The third-order valence-electron chi connectivity index (χ3n) is 4.26. The lowest BCUT2D eigenvalue weighted by molar-refractivity contribution is -0.115. The van der Waals surface area contributed by atoms with Crippen molar-refractivity contribution in [1.29, 1.82) is 0 Å². The van der Waals surface area contributed by atoms with Crippen LogP contribution < -0.4 is 19.5 Å². The zero-order valence-electron chi connectivity index (χ0n) is 15.6. The molecule has 0 aliphatic carbocycles. The van der Waals surface area contributed by atoms with Gasteiger partial charge in [-0.2, -0.15) is 0 Å². The molecule has 0 spiro atoms. The Morgan fingerprint density at radius 3 is 2.81 bits per heavy atom. The van der Waals surface area contributed by atoms with E-state index in [0.717, 1.165) is 35.4 Å². The van der Waals surface area contributed by atoms with E-state index in [4.69, 9.17) is 25.8 Å². The summed E-state index contributed by atoms with van der Waals surface area (Å²) in [6.45, 7) is 5.73. The molecule has 1 N–H and O–H groups in total. The highest BCUT2D eigenvalue weighted by Crippen LogP contribution is 2.38. The number of ether oxygens (including phenoxy) is 3. The second-order valence-corrected chi connectivity index (χ2v) is 6.91. The van der Waals surface area contributed by atoms with E-state index in [1.807, 2.05) is 25.1 Å². The molecular weight excluding hydrogens is 366 g/mol. The third-order valence-corrected chi connectivity index (χ3v) is 4.54. The number of hydrogen-bond acceptors (Lipinski definition) is 4. The van der Waals surface area contributed by atoms with E-state index in [2.05, 4.69) is 12.2 Å². The number of halogens is 1. The molecule has 3 rings (SSSR count). The molecule has 1 aliphatic rings. The van der Waals surface area contributed by atoms with Gasteiger partial charge in [0.05, 0.1) is 18.1 Å². The number of fused-ring (bicyclic) bond motifs is 1. The molecule has 5 nitrogen and oxygen atoms in total. The maximum Gasteiger partial charge on any atom is 0.228 e. The molecule has 0 aromatic heterocycles. The number of aryl methyl sites for hydroxylation is 1. The monoisotopic (exact) mass is 389 g/mol. The fourth-order valence-corrected chi connectivity index (χ4v) is 3.13. The lowest BCUT2D eigenvalue weighted by Crippen LogP contribution is -2.17. The summed E-state index contributed by atoms with van der Waals surface area (Å²) < 4.78 is 16.8. The fraction of sp³-hybridized carbons (Fsp3) is 0.381. The van der Waals surface area contributed by atoms with Crippen LogP contribution in [0.4, 0.5) is 5.69 Å². The molecule has 0 saturated heterocycles. The van der Waals surface area contributed by atoms with Gasteiger partial charge in [0.2, 0.25) is 5.91 Å². The molecule has 27 heavy (non-hydrogen) atoms. The van der Waals surface area contributed by atoms with Crippen LogP contribution in [0.3, 0.4) is 0 Å². The van der Waals surface area contributed by atoms with E-state index in [1.54, 1.807) is 12.1 Å². The normalized spacial score (nSPS) is 12.6. The number of unbranched alkanes of at least 4 members (excludes halogenated alkanes) is 1. The van der Waals surface area contributed by atoms with Crippen molar-refractivity contribution in [2.45, 2.75) is 33.1 Å². The van der Waals surface area contributed by atoms with Crippen molar-refractivity contribution in [3.8, 4) is 17.2 Å². The summed E-state index contributed by atoms with van der Waals surface area (Å²) in [6, 6.07) is 9.22. The molecule has 0 bridgehead atoms. The Morgan fingerprint density at radius 2 is 2.04 bits per heavy atom. The molecular formula is C21H24ClNO4. The van der Waals surface area contributed by atoms with E-state index in [-0.39, 0.29) is 12.3 Å². The fourth-order valence-electron chi connectivity index (χ4n) is 2.85. The highest BCUT2D eigenvalue weighted by Gasteiger charge is 2.18. The minimum Gasteiger partial charge on any atom is -0.494 e. The molecule has 2 aromatic rings. The van der Waals surface area contributed by atoms with E-state index >= 15 is 0 Å². The van der Waals surface area contributed by atoms with E-state index in [0.29, 0.717) is 36.3 Å². The highest BCUT2D eigenvalue weighted by atomic mass is 35.5. The molecule has 2 aromatic carbocycles. The van der Waals surface area contributed by atoms with Crippen LogP contribution in [0.15, 0.2) is 30.3 Å². The predicted molar refractivity (Wildman–Crippen MR) is 106 cm³/mol. The predicted octanol–water partition coefficient (Wildman–Crippen LogP) is 4.78. The SMILES string of the molecule is CCCCOc1ccc(NC(=O)Cc2cc(Cl)c3c(c2)OCCO3)c(C)c1. The molecule has 0 unspecified atom stereocenters. The first-order chi connectivity index (χ1) is 13.1. The lowest BCUT2D eigenvalue weighted by Gasteiger charge is -2.20. The van der Waals surface area contributed by atoms with E-state index < -0.39 is 0 Å². The van der Waals surface area contributed by atoms with Gasteiger partial charge in [0, 0.05) is 5.69 Å². The van der Waals surface area contributed by atoms with Gasteiger partial charge in [-0.05, 0) is 54.8 Å². The summed E-state index contributed by atoms with van der Waals surface area (Å²) in [7, 11) is 0. The molecule has 1 heterocycles. The van der Waals surface area contributed by atoms with E-state index in [9.17, 15) is 4.79 Å². The summed E-state index contributed by atoms with van der Waals surface area (Å²) in [5.74, 6) is 1.82. The number of benzene rings is 2. The first-order valence-electron chi connectivity index (χ1n) is 9.18. The summed E-state index contributed by atoms with van der Waals surface area (Å²) >= 11 is 6.24. The largest absolute Gasteiger partial charge is 0.494 e. The molecule has 0 radical (unpaired) electrons. The highest BCUT2D eigenvalue weighted by molar-refractivity contribution is 6.32. The van der Waals surface area contributed by atoms with Gasteiger partial charge in [0.1, 0.15) is 19.0 Å². The average molecular weight is 390 g/mol. The maximum atomic E-state index is 12.5. The first kappa shape index (κ1) is 19.4. The van der Waals surface area contributed by atoms with Gasteiger partial charge < -0.3 is 19.5 Å². The van der Waals surface area contributed by atoms with Crippen molar-refractivity contribution >= 4 is 23.2 Å². The third kappa shape index (κ3) is 5.07. The number of carbonyl (C=O) groups is 1. The summed E-state index contributed by atoms with van der Waals surface area (Å²) in [4.78, 5) is 12.5. The van der Waals surface area contributed by atoms with Crippen LogP contribution in [0.1, 0.15) is 30.9 Å². The molecule has 1 aliphatic heterocycles. The van der Waals surface area contributed by atoms with Gasteiger partial charge in [-0.3, -0.25) is 4.79 Å². The van der Waals surface area contributed by atoms with Crippen molar-refractivity contribution in [2.75, 3.05) is 25.1 Å². The van der Waals surface area contributed by atoms with Crippen LogP contribution in [0.2, 0.25) is 5.02 Å². The van der Waals surface area contributed by atoms with Crippen molar-refractivity contribution in [2.24, 2.45) is 0 Å². The first-order valence-corrected chi connectivity index (χ1v) is 9.56. The van der Waals surface area contributed by atoms with Crippen molar-refractivity contribution < 1.29 is 19.0 Å². The summed E-state index contributed by atoms with van der Waals surface area (Å²) in [5.41, 5.74) is 2.50. The lowest BCUT2D eigenvalue weighted by atomic mass is 10.1. The zero-order valence-corrected chi connectivity index (χ0v) is 16.4.